The Morgan fingerprint density at radius 2 is 1.57 bits per heavy atom. The van der Waals surface area contributed by atoms with Crippen LogP contribution in [0.1, 0.15) is 15.9 Å². The molecule has 170 valence electrons. The number of pyridine rings is 1. The lowest BCUT2D eigenvalue weighted by atomic mass is 10.0. The fourth-order valence-corrected chi connectivity index (χ4v) is 4.93. The molecule has 0 bridgehead atoms. The number of nitrogens with zero attached hydrogens (tertiary/aromatic N) is 6. The van der Waals surface area contributed by atoms with E-state index >= 15 is 0 Å². The molecule has 0 spiro atoms. The summed E-state index contributed by atoms with van der Waals surface area (Å²) in [5, 5.41) is 0. The Kier molecular flexibility index (Phi) is 4.89. The standard InChI is InChI=1S/C27H21N7O/c1-29-19-10-6-12-30-26(19)34-15-13-33(14-16-34)20-11-5-9-18-21(20)24-22(25(18)35)23(31-27(28)32-24)17-7-3-2-4-8-17/h2-12H,13-16H2,(H2,28,31,32). The van der Waals surface area contributed by atoms with Crippen molar-refractivity contribution < 1.29 is 4.79 Å². The Morgan fingerprint density at radius 1 is 0.829 bits per heavy atom. The molecule has 1 saturated heterocycles. The average Bonchev–Trinajstić information content (AvgIpc) is 3.20. The zero-order valence-electron chi connectivity index (χ0n) is 18.8. The summed E-state index contributed by atoms with van der Waals surface area (Å²) in [4.78, 5) is 35.0. The number of aromatic nitrogens is 3. The van der Waals surface area contributed by atoms with Gasteiger partial charge in [0, 0.05) is 54.8 Å². The van der Waals surface area contributed by atoms with Gasteiger partial charge in [0.25, 0.3) is 0 Å². The summed E-state index contributed by atoms with van der Waals surface area (Å²) < 4.78 is 0. The van der Waals surface area contributed by atoms with Crippen LogP contribution in [0, 0.1) is 6.57 Å². The van der Waals surface area contributed by atoms with Gasteiger partial charge in [-0.25, -0.2) is 14.8 Å². The molecule has 35 heavy (non-hydrogen) atoms. The first-order chi connectivity index (χ1) is 17.2. The lowest BCUT2D eigenvalue weighted by molar-refractivity contribution is 0.104. The van der Waals surface area contributed by atoms with Crippen LogP contribution in [0.4, 0.5) is 23.1 Å². The maximum Gasteiger partial charge on any atom is 0.228 e. The van der Waals surface area contributed by atoms with E-state index in [1.54, 1.807) is 18.3 Å². The fourth-order valence-electron chi connectivity index (χ4n) is 4.93. The molecule has 2 aliphatic rings. The van der Waals surface area contributed by atoms with Gasteiger partial charge in [0.2, 0.25) is 11.6 Å². The molecule has 0 radical (unpaired) electrons. The van der Waals surface area contributed by atoms with Crippen molar-refractivity contribution in [2.24, 2.45) is 0 Å². The Morgan fingerprint density at radius 3 is 2.34 bits per heavy atom. The summed E-state index contributed by atoms with van der Waals surface area (Å²) in [6.45, 7) is 10.3. The highest BCUT2D eigenvalue weighted by Gasteiger charge is 2.36. The fraction of sp³-hybridized carbons (Fsp3) is 0.148. The first-order valence-corrected chi connectivity index (χ1v) is 11.4. The molecule has 0 atom stereocenters. The molecule has 1 aliphatic heterocycles. The Bertz CT molecular complexity index is 1500. The molecule has 2 aromatic carbocycles. The highest BCUT2D eigenvalue weighted by molar-refractivity contribution is 6.25. The monoisotopic (exact) mass is 459 g/mol. The molecular weight excluding hydrogens is 438 g/mol. The molecule has 2 N–H and O–H groups in total. The zero-order chi connectivity index (χ0) is 23.9. The highest BCUT2D eigenvalue weighted by atomic mass is 16.1. The van der Waals surface area contributed by atoms with Crippen LogP contribution in [0.25, 0.3) is 27.4 Å². The van der Waals surface area contributed by atoms with Crippen molar-refractivity contribution >= 4 is 28.9 Å². The van der Waals surface area contributed by atoms with Crippen molar-refractivity contribution in [3.05, 3.63) is 89.4 Å². The SMILES string of the molecule is [C-]#[N+]c1cccnc1N1CCN(c2cccc3c2-c2nc(N)nc(-c4ccccc4)c2C3=O)CC1. The number of carbonyl (C=O) groups excluding carboxylic acids is 1. The van der Waals surface area contributed by atoms with Gasteiger partial charge in [0.05, 0.1) is 23.5 Å². The van der Waals surface area contributed by atoms with E-state index in [0.717, 1.165) is 29.9 Å². The van der Waals surface area contributed by atoms with Gasteiger partial charge >= 0.3 is 0 Å². The Hall–Kier alpha value is -4.77. The van der Waals surface area contributed by atoms with Crippen LogP contribution in [-0.2, 0) is 0 Å². The number of rotatable bonds is 3. The predicted molar refractivity (Wildman–Crippen MR) is 136 cm³/mol. The van der Waals surface area contributed by atoms with Crippen molar-refractivity contribution in [3.8, 4) is 22.5 Å². The molecule has 1 aliphatic carbocycles. The zero-order valence-corrected chi connectivity index (χ0v) is 18.8. The van der Waals surface area contributed by atoms with Gasteiger partial charge < -0.3 is 15.5 Å². The summed E-state index contributed by atoms with van der Waals surface area (Å²) >= 11 is 0. The second-order valence-corrected chi connectivity index (χ2v) is 8.48. The summed E-state index contributed by atoms with van der Waals surface area (Å²) in [7, 11) is 0. The van der Waals surface area contributed by atoms with E-state index in [1.807, 2.05) is 48.5 Å². The number of nitrogens with two attached hydrogens (primary N) is 1. The van der Waals surface area contributed by atoms with E-state index in [0.29, 0.717) is 47.1 Å². The van der Waals surface area contributed by atoms with E-state index in [2.05, 4.69) is 29.6 Å². The van der Waals surface area contributed by atoms with Crippen LogP contribution < -0.4 is 15.5 Å². The third-order valence-electron chi connectivity index (χ3n) is 6.53. The van der Waals surface area contributed by atoms with Gasteiger partial charge in [-0.15, -0.1) is 0 Å². The number of carbonyl (C=O) groups is 1. The van der Waals surface area contributed by atoms with Gasteiger partial charge in [-0.2, -0.15) is 0 Å². The topological polar surface area (TPSA) is 92.6 Å². The van der Waals surface area contributed by atoms with Crippen molar-refractivity contribution in [2.45, 2.75) is 0 Å². The number of hydrogen-bond acceptors (Lipinski definition) is 7. The number of nitrogen functional groups attached to an aromatic ring is 1. The van der Waals surface area contributed by atoms with Crippen LogP contribution >= 0.6 is 0 Å². The Balaban J connectivity index is 1.38. The van der Waals surface area contributed by atoms with Crippen molar-refractivity contribution in [2.75, 3.05) is 41.7 Å². The maximum atomic E-state index is 13.6. The third kappa shape index (κ3) is 3.37. The van der Waals surface area contributed by atoms with Crippen molar-refractivity contribution in [3.63, 3.8) is 0 Å². The number of piperazine rings is 1. The molecule has 0 unspecified atom stereocenters. The van der Waals surface area contributed by atoms with E-state index in [9.17, 15) is 4.79 Å². The van der Waals surface area contributed by atoms with E-state index in [-0.39, 0.29) is 11.7 Å². The largest absolute Gasteiger partial charge is 0.368 e. The third-order valence-corrected chi connectivity index (χ3v) is 6.53. The second kappa shape index (κ2) is 8.22. The molecule has 3 heterocycles. The molecular formula is C27H21N7O. The number of hydrogen-bond donors (Lipinski definition) is 1. The van der Waals surface area contributed by atoms with Crippen LogP contribution in [0.3, 0.4) is 0 Å². The van der Waals surface area contributed by atoms with Crippen LogP contribution in [0.5, 0.6) is 0 Å². The average molecular weight is 460 g/mol. The number of ketones is 1. The van der Waals surface area contributed by atoms with Crippen molar-refractivity contribution in [1.82, 2.24) is 15.0 Å². The molecule has 2 aromatic heterocycles. The van der Waals surface area contributed by atoms with Gasteiger partial charge in [0.1, 0.15) is 5.82 Å². The minimum absolute atomic E-state index is 0.0791. The molecule has 4 aromatic rings. The Labute approximate surface area is 202 Å². The predicted octanol–water partition coefficient (Wildman–Crippen LogP) is 4.21. The van der Waals surface area contributed by atoms with Gasteiger partial charge in [-0.3, -0.25) is 9.78 Å². The maximum absolute atomic E-state index is 13.6. The normalized spacial score (nSPS) is 14.4. The molecule has 8 nitrogen and oxygen atoms in total. The van der Waals surface area contributed by atoms with Crippen LogP contribution in [0.2, 0.25) is 0 Å². The number of anilines is 3. The minimum atomic E-state index is -0.0791. The van der Waals surface area contributed by atoms with Crippen molar-refractivity contribution in [1.29, 1.82) is 0 Å². The highest BCUT2D eigenvalue weighted by Crippen LogP contribution is 2.45. The smallest absolute Gasteiger partial charge is 0.228 e. The summed E-state index contributed by atoms with van der Waals surface area (Å²) in [6.07, 6.45) is 1.72. The first kappa shape index (κ1) is 20.8. The lowest BCUT2D eigenvalue weighted by Crippen LogP contribution is -2.47. The quantitative estimate of drug-likeness (QED) is 0.404. The number of benzene rings is 2. The molecule has 0 saturated carbocycles. The van der Waals surface area contributed by atoms with Crippen LogP contribution in [-0.4, -0.2) is 46.9 Å². The summed E-state index contributed by atoms with van der Waals surface area (Å²) in [6, 6.07) is 19.0. The van der Waals surface area contributed by atoms with Gasteiger partial charge in [-0.05, 0) is 6.07 Å². The van der Waals surface area contributed by atoms with Crippen LogP contribution in [0.15, 0.2) is 66.9 Å². The molecule has 0 amide bonds. The minimum Gasteiger partial charge on any atom is -0.368 e. The molecule has 6 rings (SSSR count). The first-order valence-electron chi connectivity index (χ1n) is 11.4. The molecule has 1 fully saturated rings. The second-order valence-electron chi connectivity index (χ2n) is 8.48. The van der Waals surface area contributed by atoms with Gasteiger partial charge in [-0.1, -0.05) is 54.6 Å². The lowest BCUT2D eigenvalue weighted by Gasteiger charge is -2.38. The summed E-state index contributed by atoms with van der Waals surface area (Å²) in [5.74, 6) is 0.781. The van der Waals surface area contributed by atoms with E-state index in [4.69, 9.17) is 12.3 Å². The van der Waals surface area contributed by atoms with E-state index < -0.39 is 0 Å². The molecule has 8 heteroatoms. The van der Waals surface area contributed by atoms with Gasteiger partial charge in [0.15, 0.2) is 5.78 Å². The van der Waals surface area contributed by atoms with E-state index in [1.165, 1.54) is 0 Å². The number of fused-ring (bicyclic) bond motifs is 3. The summed E-state index contributed by atoms with van der Waals surface area (Å²) in [5.41, 5.74) is 11.6.